The van der Waals surface area contributed by atoms with Gasteiger partial charge in [0.25, 0.3) is 5.91 Å². The van der Waals surface area contributed by atoms with Gasteiger partial charge in [-0.05, 0) is 115 Å². The second-order valence-electron chi connectivity index (χ2n) is 13.2. The number of hydrogen-bond acceptors (Lipinski definition) is 9. The highest BCUT2D eigenvalue weighted by Crippen LogP contribution is 2.30. The number of methoxy groups -OCH3 is 1. The zero-order chi connectivity index (χ0) is 38.5. The van der Waals surface area contributed by atoms with Gasteiger partial charge in [0.1, 0.15) is 19.0 Å². The van der Waals surface area contributed by atoms with Crippen LogP contribution in [0.15, 0.2) is 65.1 Å². The molecule has 4 aromatic rings. The first kappa shape index (κ1) is 41.9. The molecule has 1 heterocycles. The Morgan fingerprint density at radius 1 is 0.906 bits per heavy atom. The maximum atomic E-state index is 12.7. The highest BCUT2D eigenvalue weighted by molar-refractivity contribution is 9.10. The first-order valence-electron chi connectivity index (χ1n) is 18.3. The Bertz CT molecular complexity index is 1840. The molecule has 3 aromatic carbocycles. The second-order valence-corrected chi connectivity index (χ2v) is 14.4. The fraction of sp³-hybridized carbons (Fsp3) is 0.439. The molecule has 0 aliphatic heterocycles. The van der Waals surface area contributed by atoms with E-state index in [1.54, 1.807) is 42.0 Å². The molecule has 1 aromatic heterocycles. The molecule has 10 nitrogen and oxygen atoms in total. The SMILES string of the molecule is CCN(CCOC(C)=O)CCOC(=O)c1cc(Br)c(N)c(CN(CC)C2CCCCC2)c1.COc1ccc2c(c1)cc(C)n2C(=O)c1ccc(Cl)cc1. The van der Waals surface area contributed by atoms with E-state index in [4.69, 9.17) is 31.5 Å². The first-order valence-corrected chi connectivity index (χ1v) is 19.4. The molecule has 5 rings (SSSR count). The summed E-state index contributed by atoms with van der Waals surface area (Å²) in [5.74, 6) is 0.0639. The van der Waals surface area contributed by atoms with Gasteiger partial charge in [0.2, 0.25) is 0 Å². The summed E-state index contributed by atoms with van der Waals surface area (Å²) in [6, 6.07) is 18.7. The molecule has 0 radical (unpaired) electrons. The van der Waals surface area contributed by atoms with E-state index in [1.165, 1.54) is 39.0 Å². The van der Waals surface area contributed by atoms with Crippen LogP contribution >= 0.6 is 27.5 Å². The van der Waals surface area contributed by atoms with Gasteiger partial charge < -0.3 is 19.9 Å². The van der Waals surface area contributed by atoms with Crippen molar-refractivity contribution in [3.8, 4) is 5.75 Å². The number of hydrogen-bond donors (Lipinski definition) is 1. The van der Waals surface area contributed by atoms with E-state index in [0.29, 0.717) is 47.6 Å². The minimum Gasteiger partial charge on any atom is -0.497 e. The maximum absolute atomic E-state index is 12.7. The van der Waals surface area contributed by atoms with Crippen molar-refractivity contribution in [3.05, 3.63) is 92.5 Å². The van der Waals surface area contributed by atoms with E-state index < -0.39 is 0 Å². The predicted octanol–water partition coefficient (Wildman–Crippen LogP) is 8.53. The number of benzene rings is 3. The Morgan fingerprint density at radius 3 is 2.21 bits per heavy atom. The van der Waals surface area contributed by atoms with Gasteiger partial charge in [0.15, 0.2) is 0 Å². The van der Waals surface area contributed by atoms with Gasteiger partial charge in [-0.2, -0.15) is 0 Å². The minimum atomic E-state index is -0.358. The standard InChI is InChI=1S/C24H38BrN3O4.C17H14ClNO2/c1-4-27(11-13-31-18(3)29)12-14-32-24(30)19-15-20(23(26)22(25)16-19)17-28(5-2)21-9-7-6-8-10-21;1-11-9-13-10-15(21-2)7-8-16(13)19(11)17(20)12-3-5-14(18)6-4-12/h15-16,21H,4-14,17,26H2,1-3H3;3-10H,1-2H3. The van der Waals surface area contributed by atoms with Gasteiger partial charge in [-0.15, -0.1) is 0 Å². The molecule has 0 amide bonds. The lowest BCUT2D eigenvalue weighted by molar-refractivity contribution is -0.141. The molecule has 0 bridgehead atoms. The van der Waals surface area contributed by atoms with Crippen molar-refractivity contribution >= 4 is 62.0 Å². The Labute approximate surface area is 326 Å². The maximum Gasteiger partial charge on any atom is 0.338 e. The van der Waals surface area contributed by atoms with Crippen molar-refractivity contribution in [2.24, 2.45) is 0 Å². The largest absolute Gasteiger partial charge is 0.497 e. The summed E-state index contributed by atoms with van der Waals surface area (Å²) >= 11 is 9.38. The van der Waals surface area contributed by atoms with Gasteiger partial charge in [0, 0.05) is 58.7 Å². The summed E-state index contributed by atoms with van der Waals surface area (Å²) in [7, 11) is 1.63. The van der Waals surface area contributed by atoms with Crippen molar-refractivity contribution in [2.45, 2.75) is 72.4 Å². The minimum absolute atomic E-state index is 0.0654. The molecule has 2 N–H and O–H groups in total. The number of ether oxygens (including phenoxy) is 3. The molecule has 0 saturated heterocycles. The second kappa shape index (κ2) is 20.5. The smallest absolute Gasteiger partial charge is 0.338 e. The predicted molar refractivity (Wildman–Crippen MR) is 215 cm³/mol. The van der Waals surface area contributed by atoms with E-state index in [2.05, 4.69) is 32.7 Å². The highest BCUT2D eigenvalue weighted by atomic mass is 79.9. The average Bonchev–Trinajstić information content (AvgIpc) is 3.49. The van der Waals surface area contributed by atoms with E-state index in [-0.39, 0.29) is 24.5 Å². The third-order valence-corrected chi connectivity index (χ3v) is 10.5. The van der Waals surface area contributed by atoms with Crippen molar-refractivity contribution < 1.29 is 28.6 Å². The third-order valence-electron chi connectivity index (χ3n) is 9.61. The molecular formula is C41H52BrClN4O6. The number of fused-ring (bicyclic) bond motifs is 1. The van der Waals surface area contributed by atoms with Crippen LogP contribution in [0.3, 0.4) is 0 Å². The number of aromatic nitrogens is 1. The first-order chi connectivity index (χ1) is 25.4. The Kier molecular flexibility index (Phi) is 16.2. The summed E-state index contributed by atoms with van der Waals surface area (Å²) in [6.07, 6.45) is 6.33. The number of nitrogen functional groups attached to an aromatic ring is 1. The Balaban J connectivity index is 0.000000256. The van der Waals surface area contributed by atoms with E-state index in [9.17, 15) is 14.4 Å². The van der Waals surface area contributed by atoms with Crippen LogP contribution in [0.5, 0.6) is 5.75 Å². The molecule has 53 heavy (non-hydrogen) atoms. The van der Waals surface area contributed by atoms with Gasteiger partial charge in [-0.3, -0.25) is 24.0 Å². The number of nitrogens with two attached hydrogens (primary N) is 1. The molecule has 1 aliphatic rings. The molecular weight excluding hydrogens is 760 g/mol. The quantitative estimate of drug-likeness (QED) is 0.0989. The number of esters is 2. The summed E-state index contributed by atoms with van der Waals surface area (Å²) in [4.78, 5) is 40.8. The summed E-state index contributed by atoms with van der Waals surface area (Å²) in [5, 5.41) is 1.60. The molecule has 0 spiro atoms. The average molecular weight is 812 g/mol. The van der Waals surface area contributed by atoms with E-state index >= 15 is 0 Å². The van der Waals surface area contributed by atoms with Gasteiger partial charge >= 0.3 is 11.9 Å². The zero-order valence-corrected chi connectivity index (χ0v) is 33.8. The topological polar surface area (TPSA) is 116 Å². The number of halogens is 2. The monoisotopic (exact) mass is 810 g/mol. The van der Waals surface area contributed by atoms with Crippen molar-refractivity contribution in [3.63, 3.8) is 0 Å². The molecule has 1 fully saturated rings. The molecule has 1 saturated carbocycles. The zero-order valence-electron chi connectivity index (χ0n) is 31.5. The van der Waals surface area contributed by atoms with Crippen LogP contribution in [0.25, 0.3) is 10.9 Å². The Hall–Kier alpha value is -3.90. The lowest BCUT2D eigenvalue weighted by Crippen LogP contribution is -2.36. The van der Waals surface area contributed by atoms with Crippen molar-refractivity contribution in [1.82, 2.24) is 14.4 Å². The van der Waals surface area contributed by atoms with Gasteiger partial charge in [0.05, 0.1) is 23.9 Å². The normalized spacial score (nSPS) is 13.2. The van der Waals surface area contributed by atoms with Crippen LogP contribution in [0, 0.1) is 6.92 Å². The van der Waals surface area contributed by atoms with E-state index in [0.717, 1.165) is 52.0 Å². The van der Waals surface area contributed by atoms with Crippen LogP contribution in [0.1, 0.15) is 84.8 Å². The molecule has 0 unspecified atom stereocenters. The third kappa shape index (κ3) is 11.8. The molecule has 0 atom stereocenters. The van der Waals surface area contributed by atoms with Crippen LogP contribution in [0.4, 0.5) is 5.69 Å². The lowest BCUT2D eigenvalue weighted by Gasteiger charge is -2.34. The number of anilines is 1. The van der Waals surface area contributed by atoms with Crippen LogP contribution in [0.2, 0.25) is 5.02 Å². The van der Waals surface area contributed by atoms with Crippen LogP contribution in [-0.4, -0.2) is 84.8 Å². The fourth-order valence-corrected chi connectivity index (χ4v) is 7.26. The van der Waals surface area contributed by atoms with Crippen LogP contribution < -0.4 is 10.5 Å². The van der Waals surface area contributed by atoms with E-state index in [1.807, 2.05) is 44.2 Å². The number of carbonyl (C=O) groups is 3. The number of nitrogens with zero attached hydrogens (tertiary/aromatic N) is 3. The fourth-order valence-electron chi connectivity index (χ4n) is 6.63. The lowest BCUT2D eigenvalue weighted by atomic mass is 9.93. The number of likely N-dealkylation sites (N-methyl/N-ethyl adjacent to an activating group) is 1. The Morgan fingerprint density at radius 2 is 1.58 bits per heavy atom. The molecule has 1 aliphatic carbocycles. The highest BCUT2D eigenvalue weighted by Gasteiger charge is 2.22. The summed E-state index contributed by atoms with van der Waals surface area (Å²) in [6.45, 7) is 11.8. The summed E-state index contributed by atoms with van der Waals surface area (Å²) < 4.78 is 18.2. The molecule has 12 heteroatoms. The van der Waals surface area contributed by atoms with Gasteiger partial charge in [-0.1, -0.05) is 44.7 Å². The van der Waals surface area contributed by atoms with Gasteiger partial charge in [-0.25, -0.2) is 4.79 Å². The van der Waals surface area contributed by atoms with Crippen molar-refractivity contribution in [2.75, 3.05) is 52.2 Å². The number of carbonyl (C=O) groups excluding carboxylic acids is 3. The number of aryl methyl sites for hydroxylation is 1. The molecule has 286 valence electrons. The van der Waals surface area contributed by atoms with Crippen LogP contribution in [-0.2, 0) is 20.8 Å². The van der Waals surface area contributed by atoms with Crippen molar-refractivity contribution in [1.29, 1.82) is 0 Å². The summed E-state index contributed by atoms with van der Waals surface area (Å²) in [5.41, 5.74) is 10.8. The number of rotatable bonds is 14.